The summed E-state index contributed by atoms with van der Waals surface area (Å²) in [5, 5.41) is 0. The van der Waals surface area contributed by atoms with Gasteiger partial charge in [-0.25, -0.2) is 0 Å². The molecule has 0 N–H and O–H groups in total. The number of hydrogen-bond donors (Lipinski definition) is 0. The van der Waals surface area contributed by atoms with Gasteiger partial charge in [-0.2, -0.15) is 0 Å². The molecule has 0 aliphatic carbocycles. The van der Waals surface area contributed by atoms with Crippen molar-refractivity contribution in [1.29, 1.82) is 0 Å². The second-order valence-corrected chi connectivity index (χ2v) is 9.44. The summed E-state index contributed by atoms with van der Waals surface area (Å²) in [7, 11) is 4.18. The van der Waals surface area contributed by atoms with Crippen molar-refractivity contribution >= 4 is 28.3 Å². The molecule has 0 aliphatic rings. The fraction of sp³-hybridized carbons (Fsp3) is 0.400. The van der Waals surface area contributed by atoms with Gasteiger partial charge in [-0.05, 0) is 31.6 Å². The quantitative estimate of drug-likeness (QED) is 0.523. The van der Waals surface area contributed by atoms with E-state index in [-0.39, 0.29) is 7.12 Å². The molecule has 0 nitrogen and oxygen atoms in total. The van der Waals surface area contributed by atoms with Crippen LogP contribution in [0.2, 0.25) is 0 Å². The Morgan fingerprint density at radius 2 is 1.69 bits per heavy atom. The summed E-state index contributed by atoms with van der Waals surface area (Å²) < 4.78 is 0. The molecule has 3 heteroatoms. The van der Waals surface area contributed by atoms with E-state index in [1.165, 1.54) is 17.2 Å². The van der Waals surface area contributed by atoms with E-state index in [2.05, 4.69) is 54.6 Å². The van der Waals surface area contributed by atoms with E-state index in [0.717, 1.165) is 0 Å². The minimum absolute atomic E-state index is 0.200. The van der Waals surface area contributed by atoms with E-state index < -0.39 is 0 Å². The molecule has 1 aromatic rings. The highest BCUT2D eigenvalue weighted by atomic mass is 33.3. The standard InChI is InChI=1S/C10H15PS2/c1-3-11(4-2)13-12-10-8-6-5-7-9-10/h5-9H,3-4H2,1-2H3. The van der Waals surface area contributed by atoms with Crippen molar-refractivity contribution in [1.82, 2.24) is 0 Å². The van der Waals surface area contributed by atoms with Gasteiger partial charge in [0, 0.05) is 4.90 Å². The Morgan fingerprint density at radius 3 is 2.23 bits per heavy atom. The third kappa shape index (κ3) is 4.39. The van der Waals surface area contributed by atoms with Gasteiger partial charge in [0.2, 0.25) is 0 Å². The maximum Gasteiger partial charge on any atom is 0.0186 e. The first kappa shape index (κ1) is 11.4. The van der Waals surface area contributed by atoms with Gasteiger partial charge in [0.1, 0.15) is 0 Å². The Kier molecular flexibility index (Phi) is 5.93. The van der Waals surface area contributed by atoms with Crippen LogP contribution in [0.15, 0.2) is 35.2 Å². The minimum Gasteiger partial charge on any atom is -0.0622 e. The second-order valence-electron chi connectivity index (χ2n) is 2.59. The second kappa shape index (κ2) is 6.75. The number of rotatable bonds is 5. The van der Waals surface area contributed by atoms with Gasteiger partial charge in [-0.3, -0.25) is 0 Å². The van der Waals surface area contributed by atoms with Crippen molar-refractivity contribution in [3.63, 3.8) is 0 Å². The highest BCUT2D eigenvalue weighted by Crippen LogP contribution is 2.57. The van der Waals surface area contributed by atoms with Crippen LogP contribution in [-0.2, 0) is 0 Å². The topological polar surface area (TPSA) is 0 Å². The molecule has 0 aromatic heterocycles. The Morgan fingerprint density at radius 1 is 1.08 bits per heavy atom. The van der Waals surface area contributed by atoms with Crippen molar-refractivity contribution in [3.05, 3.63) is 30.3 Å². The third-order valence-electron chi connectivity index (χ3n) is 1.69. The predicted molar refractivity (Wildman–Crippen MR) is 67.9 cm³/mol. The maximum absolute atomic E-state index is 2.29. The van der Waals surface area contributed by atoms with Crippen LogP contribution in [-0.4, -0.2) is 12.3 Å². The molecule has 13 heavy (non-hydrogen) atoms. The van der Waals surface area contributed by atoms with Crippen LogP contribution in [0.5, 0.6) is 0 Å². The lowest BCUT2D eigenvalue weighted by atomic mass is 10.4. The smallest absolute Gasteiger partial charge is 0.0186 e. The summed E-state index contributed by atoms with van der Waals surface area (Å²) in [5.41, 5.74) is 0. The van der Waals surface area contributed by atoms with Crippen LogP contribution in [0.25, 0.3) is 0 Å². The zero-order chi connectivity index (χ0) is 9.52. The molecular formula is C10H15PS2. The van der Waals surface area contributed by atoms with Gasteiger partial charge in [-0.15, -0.1) is 0 Å². The van der Waals surface area contributed by atoms with Gasteiger partial charge in [0.05, 0.1) is 0 Å². The summed E-state index contributed by atoms with van der Waals surface area (Å²) in [6.45, 7) is 4.57. The molecular weight excluding hydrogens is 215 g/mol. The number of benzene rings is 1. The SMILES string of the molecule is CCP(CC)SSc1ccccc1. The monoisotopic (exact) mass is 230 g/mol. The molecule has 0 saturated heterocycles. The summed E-state index contributed by atoms with van der Waals surface area (Å²) in [6, 6.07) is 10.6. The van der Waals surface area contributed by atoms with Gasteiger partial charge in [0.25, 0.3) is 0 Å². The minimum atomic E-state index is 0.200. The molecule has 0 fully saturated rings. The molecule has 72 valence electrons. The van der Waals surface area contributed by atoms with E-state index >= 15 is 0 Å². The predicted octanol–water partition coefficient (Wildman–Crippen LogP) is 4.86. The Hall–Kier alpha value is 0.350. The summed E-state index contributed by atoms with van der Waals surface area (Å²) >= 11 is 0. The first-order valence-corrected chi connectivity index (χ1v) is 8.98. The molecule has 0 spiro atoms. The molecule has 0 saturated carbocycles. The summed E-state index contributed by atoms with van der Waals surface area (Å²) in [5.74, 6) is 0. The van der Waals surface area contributed by atoms with Crippen molar-refractivity contribution < 1.29 is 0 Å². The fourth-order valence-corrected chi connectivity index (χ4v) is 7.18. The zero-order valence-electron chi connectivity index (χ0n) is 8.06. The van der Waals surface area contributed by atoms with Crippen molar-refractivity contribution in [2.24, 2.45) is 0 Å². The molecule has 0 heterocycles. The van der Waals surface area contributed by atoms with Gasteiger partial charge < -0.3 is 0 Å². The molecule has 0 unspecified atom stereocenters. The molecule has 0 aliphatic heterocycles. The zero-order valence-corrected chi connectivity index (χ0v) is 10.6. The van der Waals surface area contributed by atoms with E-state index in [0.29, 0.717) is 0 Å². The summed E-state index contributed by atoms with van der Waals surface area (Å²) in [6.07, 6.45) is 2.66. The first-order valence-electron chi connectivity index (χ1n) is 4.51. The highest BCUT2D eigenvalue weighted by molar-refractivity contribution is 8.98. The third-order valence-corrected chi connectivity index (χ3v) is 9.40. The van der Waals surface area contributed by atoms with E-state index in [9.17, 15) is 0 Å². The van der Waals surface area contributed by atoms with Crippen molar-refractivity contribution in [3.8, 4) is 0 Å². The lowest BCUT2D eigenvalue weighted by Crippen LogP contribution is -1.74. The van der Waals surface area contributed by atoms with Gasteiger partial charge >= 0.3 is 0 Å². The number of hydrogen-bond acceptors (Lipinski definition) is 2. The van der Waals surface area contributed by atoms with Gasteiger partial charge in [0.15, 0.2) is 0 Å². The Labute approximate surface area is 89.8 Å². The average molecular weight is 230 g/mol. The van der Waals surface area contributed by atoms with Crippen LogP contribution in [0.4, 0.5) is 0 Å². The molecule has 0 amide bonds. The van der Waals surface area contributed by atoms with Crippen LogP contribution >= 0.6 is 28.3 Å². The Bertz CT molecular complexity index is 222. The average Bonchev–Trinajstić information content (AvgIpc) is 2.21. The van der Waals surface area contributed by atoms with Crippen LogP contribution in [0.3, 0.4) is 0 Å². The van der Waals surface area contributed by atoms with Crippen LogP contribution in [0.1, 0.15) is 13.8 Å². The van der Waals surface area contributed by atoms with Crippen LogP contribution in [0, 0.1) is 0 Å². The maximum atomic E-state index is 2.29. The van der Waals surface area contributed by atoms with Crippen molar-refractivity contribution in [2.45, 2.75) is 18.7 Å². The van der Waals surface area contributed by atoms with Crippen LogP contribution < -0.4 is 0 Å². The molecule has 0 radical (unpaired) electrons. The lowest BCUT2D eigenvalue weighted by molar-refractivity contribution is 1.44. The Balaban J connectivity index is 2.34. The highest BCUT2D eigenvalue weighted by Gasteiger charge is 2.03. The molecule has 0 bridgehead atoms. The van der Waals surface area contributed by atoms with E-state index in [4.69, 9.17) is 0 Å². The molecule has 1 aromatic carbocycles. The van der Waals surface area contributed by atoms with E-state index in [1.807, 2.05) is 10.8 Å². The van der Waals surface area contributed by atoms with Gasteiger partial charge in [-0.1, -0.05) is 53.3 Å². The lowest BCUT2D eigenvalue weighted by Gasteiger charge is -2.10. The summed E-state index contributed by atoms with van der Waals surface area (Å²) in [4.78, 5) is 1.38. The largest absolute Gasteiger partial charge is 0.0622 e. The van der Waals surface area contributed by atoms with E-state index in [1.54, 1.807) is 0 Å². The molecule has 1 rings (SSSR count). The fourth-order valence-electron chi connectivity index (χ4n) is 0.901. The van der Waals surface area contributed by atoms with Crippen molar-refractivity contribution in [2.75, 3.05) is 12.3 Å². The normalized spacial score (nSPS) is 10.7. The first-order chi connectivity index (χ1) is 6.36. The molecule has 0 atom stereocenters.